The molecule has 16 heavy (non-hydrogen) atoms. The predicted molar refractivity (Wildman–Crippen MR) is 65.5 cm³/mol. The van der Waals surface area contributed by atoms with Crippen LogP contribution in [-0.4, -0.2) is 15.0 Å². The monoisotopic (exact) mass is 234 g/mol. The largest absolute Gasteiger partial charge is 0.343 e. The SMILES string of the molecule is Cc1cnc(NC(C)(C)c2nccs2)nc1. The van der Waals surface area contributed by atoms with Gasteiger partial charge in [0.2, 0.25) is 5.95 Å². The van der Waals surface area contributed by atoms with Crippen LogP contribution in [0.15, 0.2) is 24.0 Å². The van der Waals surface area contributed by atoms with Crippen molar-refractivity contribution >= 4 is 17.3 Å². The Morgan fingerprint density at radius 2 is 1.88 bits per heavy atom. The fraction of sp³-hybridized carbons (Fsp3) is 0.364. The first kappa shape index (κ1) is 11.0. The number of hydrogen-bond donors (Lipinski definition) is 1. The molecular weight excluding hydrogens is 220 g/mol. The molecule has 0 amide bonds. The van der Waals surface area contributed by atoms with Crippen molar-refractivity contribution in [2.75, 3.05) is 5.32 Å². The number of nitrogens with one attached hydrogen (secondary N) is 1. The molecule has 2 heterocycles. The van der Waals surface area contributed by atoms with Crippen molar-refractivity contribution < 1.29 is 0 Å². The number of anilines is 1. The first-order valence-electron chi connectivity index (χ1n) is 5.05. The van der Waals surface area contributed by atoms with Gasteiger partial charge in [-0.15, -0.1) is 11.3 Å². The van der Waals surface area contributed by atoms with Gasteiger partial charge in [-0.2, -0.15) is 0 Å². The third-order valence-electron chi connectivity index (χ3n) is 2.17. The van der Waals surface area contributed by atoms with Crippen LogP contribution >= 0.6 is 11.3 Å². The van der Waals surface area contributed by atoms with Gasteiger partial charge in [0.1, 0.15) is 5.01 Å². The lowest BCUT2D eigenvalue weighted by molar-refractivity contribution is 0.596. The average molecular weight is 234 g/mol. The molecule has 0 radical (unpaired) electrons. The van der Waals surface area contributed by atoms with Crippen LogP contribution in [0.1, 0.15) is 24.4 Å². The van der Waals surface area contributed by atoms with E-state index in [1.165, 1.54) is 0 Å². The predicted octanol–water partition coefficient (Wildman–Crippen LogP) is 2.59. The Morgan fingerprint density at radius 1 is 1.19 bits per heavy atom. The molecule has 0 spiro atoms. The van der Waals surface area contributed by atoms with E-state index >= 15 is 0 Å². The molecule has 4 nitrogen and oxygen atoms in total. The molecule has 0 atom stereocenters. The van der Waals surface area contributed by atoms with E-state index in [0.29, 0.717) is 5.95 Å². The summed E-state index contributed by atoms with van der Waals surface area (Å²) in [6.45, 7) is 6.10. The highest BCUT2D eigenvalue weighted by molar-refractivity contribution is 7.09. The van der Waals surface area contributed by atoms with E-state index in [1.54, 1.807) is 29.9 Å². The molecule has 84 valence electrons. The van der Waals surface area contributed by atoms with E-state index in [4.69, 9.17) is 0 Å². The molecule has 2 rings (SSSR count). The highest BCUT2D eigenvalue weighted by atomic mass is 32.1. The highest BCUT2D eigenvalue weighted by Crippen LogP contribution is 2.25. The quantitative estimate of drug-likeness (QED) is 0.886. The summed E-state index contributed by atoms with van der Waals surface area (Å²) in [6.07, 6.45) is 5.40. The van der Waals surface area contributed by atoms with E-state index in [9.17, 15) is 0 Å². The summed E-state index contributed by atoms with van der Waals surface area (Å²) < 4.78 is 0. The van der Waals surface area contributed by atoms with Gasteiger partial charge in [-0.05, 0) is 26.3 Å². The molecule has 0 saturated heterocycles. The van der Waals surface area contributed by atoms with Crippen LogP contribution in [0.5, 0.6) is 0 Å². The number of hydrogen-bond acceptors (Lipinski definition) is 5. The van der Waals surface area contributed by atoms with Crippen LogP contribution in [0, 0.1) is 6.92 Å². The van der Waals surface area contributed by atoms with Gasteiger partial charge >= 0.3 is 0 Å². The first-order valence-corrected chi connectivity index (χ1v) is 5.93. The average Bonchev–Trinajstić information content (AvgIpc) is 2.75. The van der Waals surface area contributed by atoms with Crippen LogP contribution in [0.4, 0.5) is 5.95 Å². The van der Waals surface area contributed by atoms with Gasteiger partial charge in [-0.3, -0.25) is 0 Å². The van der Waals surface area contributed by atoms with Crippen LogP contribution in [0.25, 0.3) is 0 Å². The highest BCUT2D eigenvalue weighted by Gasteiger charge is 2.23. The summed E-state index contributed by atoms with van der Waals surface area (Å²) in [4.78, 5) is 12.8. The zero-order valence-electron chi connectivity index (χ0n) is 9.56. The van der Waals surface area contributed by atoms with Crippen LogP contribution in [-0.2, 0) is 5.54 Å². The smallest absolute Gasteiger partial charge is 0.223 e. The molecule has 0 aromatic carbocycles. The Balaban J connectivity index is 2.18. The van der Waals surface area contributed by atoms with E-state index in [0.717, 1.165) is 10.6 Å². The van der Waals surface area contributed by atoms with Gasteiger partial charge in [0, 0.05) is 24.0 Å². The zero-order valence-corrected chi connectivity index (χ0v) is 10.4. The van der Waals surface area contributed by atoms with Gasteiger partial charge in [-0.1, -0.05) is 0 Å². The molecule has 0 aliphatic rings. The van der Waals surface area contributed by atoms with E-state index < -0.39 is 0 Å². The van der Waals surface area contributed by atoms with Crippen LogP contribution in [0.3, 0.4) is 0 Å². The van der Waals surface area contributed by atoms with Gasteiger partial charge in [0.25, 0.3) is 0 Å². The minimum Gasteiger partial charge on any atom is -0.343 e. The minimum absolute atomic E-state index is 0.247. The van der Waals surface area contributed by atoms with Gasteiger partial charge in [0.05, 0.1) is 5.54 Å². The lowest BCUT2D eigenvalue weighted by Crippen LogP contribution is -2.28. The van der Waals surface area contributed by atoms with Crippen molar-refractivity contribution in [2.45, 2.75) is 26.3 Å². The number of aryl methyl sites for hydroxylation is 1. The fourth-order valence-corrected chi connectivity index (χ4v) is 2.04. The lowest BCUT2D eigenvalue weighted by atomic mass is 10.1. The molecule has 2 aromatic rings. The summed E-state index contributed by atoms with van der Waals surface area (Å²) >= 11 is 1.62. The molecule has 0 aliphatic heterocycles. The number of nitrogens with zero attached hydrogens (tertiary/aromatic N) is 3. The fourth-order valence-electron chi connectivity index (χ4n) is 1.32. The van der Waals surface area contributed by atoms with Crippen molar-refractivity contribution in [1.29, 1.82) is 0 Å². The maximum absolute atomic E-state index is 4.30. The maximum Gasteiger partial charge on any atom is 0.223 e. The molecule has 0 fully saturated rings. The Morgan fingerprint density at radius 3 is 2.44 bits per heavy atom. The summed E-state index contributed by atoms with van der Waals surface area (Å²) in [5.74, 6) is 0.630. The van der Waals surface area contributed by atoms with Crippen molar-refractivity contribution in [3.05, 3.63) is 34.5 Å². The number of aromatic nitrogens is 3. The number of rotatable bonds is 3. The maximum atomic E-state index is 4.30. The summed E-state index contributed by atoms with van der Waals surface area (Å²) in [5, 5.41) is 6.27. The second-order valence-corrected chi connectivity index (χ2v) is 5.07. The molecule has 0 unspecified atom stereocenters. The first-order chi connectivity index (χ1) is 7.58. The topological polar surface area (TPSA) is 50.7 Å². The summed E-state index contributed by atoms with van der Waals surface area (Å²) in [5.41, 5.74) is 0.807. The minimum atomic E-state index is -0.247. The van der Waals surface area contributed by atoms with Crippen molar-refractivity contribution in [3.8, 4) is 0 Å². The molecule has 1 N–H and O–H groups in total. The third kappa shape index (κ3) is 2.36. The lowest BCUT2D eigenvalue weighted by Gasteiger charge is -2.23. The van der Waals surface area contributed by atoms with Gasteiger partial charge in [-0.25, -0.2) is 15.0 Å². The standard InChI is InChI=1S/C11H14N4S/c1-8-6-13-10(14-7-8)15-11(2,3)9-12-4-5-16-9/h4-7H,1-3H3,(H,13,14,15). The van der Waals surface area contributed by atoms with Crippen LogP contribution < -0.4 is 5.32 Å². The van der Waals surface area contributed by atoms with Crippen molar-refractivity contribution in [1.82, 2.24) is 15.0 Å². The third-order valence-corrected chi connectivity index (χ3v) is 3.27. The molecular formula is C11H14N4S. The van der Waals surface area contributed by atoms with E-state index in [1.807, 2.05) is 12.3 Å². The molecule has 5 heteroatoms. The Labute approximate surface area is 98.8 Å². The summed E-state index contributed by atoms with van der Waals surface area (Å²) in [7, 11) is 0. The van der Waals surface area contributed by atoms with E-state index in [2.05, 4.69) is 34.1 Å². The Bertz CT molecular complexity index is 447. The molecule has 0 aliphatic carbocycles. The van der Waals surface area contributed by atoms with Crippen LogP contribution in [0.2, 0.25) is 0 Å². The molecule has 0 saturated carbocycles. The second kappa shape index (κ2) is 4.17. The second-order valence-electron chi connectivity index (χ2n) is 4.17. The van der Waals surface area contributed by atoms with Crippen molar-refractivity contribution in [3.63, 3.8) is 0 Å². The Kier molecular flexibility index (Phi) is 2.87. The van der Waals surface area contributed by atoms with E-state index in [-0.39, 0.29) is 5.54 Å². The molecule has 2 aromatic heterocycles. The normalized spacial score (nSPS) is 11.4. The van der Waals surface area contributed by atoms with Gasteiger partial charge in [0.15, 0.2) is 0 Å². The summed E-state index contributed by atoms with van der Waals surface area (Å²) in [6, 6.07) is 0. The molecule has 0 bridgehead atoms. The van der Waals surface area contributed by atoms with Crippen molar-refractivity contribution in [2.24, 2.45) is 0 Å². The van der Waals surface area contributed by atoms with Gasteiger partial charge < -0.3 is 5.32 Å². The number of thiazole rings is 1. The zero-order chi connectivity index (χ0) is 11.6. The Hall–Kier alpha value is -1.49.